The van der Waals surface area contributed by atoms with Crippen molar-refractivity contribution < 1.29 is 0 Å². The molecule has 0 atom stereocenters. The molecule has 0 fully saturated rings. The van der Waals surface area contributed by atoms with Crippen LogP contribution in [0.25, 0.3) is 108 Å². The zero-order chi connectivity index (χ0) is 30.4. The molecule has 0 amide bonds. The summed E-state index contributed by atoms with van der Waals surface area (Å²) >= 11 is 1.89. The fourth-order valence-electron chi connectivity index (χ4n) is 8.27. The minimum Gasteiger partial charge on any atom is -0.308 e. The smallest absolute Gasteiger partial charge is 0.165 e. The summed E-state index contributed by atoms with van der Waals surface area (Å²) in [5, 5.41) is 10.2. The van der Waals surface area contributed by atoms with Crippen LogP contribution in [0.5, 0.6) is 0 Å². The summed E-state index contributed by atoms with van der Waals surface area (Å²) in [5.74, 6) is 0.846. The van der Waals surface area contributed by atoms with Crippen molar-refractivity contribution in [2.45, 2.75) is 0 Å². The maximum atomic E-state index is 5.42. The van der Waals surface area contributed by atoms with Crippen molar-refractivity contribution in [2.24, 2.45) is 0 Å². The Hall–Kier alpha value is -6.04. The molecule has 47 heavy (non-hydrogen) atoms. The van der Waals surface area contributed by atoms with Crippen molar-refractivity contribution >= 4 is 102 Å². The van der Waals surface area contributed by atoms with Gasteiger partial charge in [0.15, 0.2) is 5.82 Å². The van der Waals surface area contributed by atoms with Crippen molar-refractivity contribution in [3.63, 3.8) is 0 Å². The molecular weight excluding hydrogens is 593 g/mol. The lowest BCUT2D eigenvalue weighted by Gasteiger charge is -2.14. The van der Waals surface area contributed by atoms with E-state index >= 15 is 0 Å². The normalized spacial score (nSPS) is 12.7. The van der Waals surface area contributed by atoms with Gasteiger partial charge in [0.05, 0.1) is 38.6 Å². The molecule has 0 spiro atoms. The highest BCUT2D eigenvalue weighted by molar-refractivity contribution is 7.26. The third-order valence-electron chi connectivity index (χ3n) is 10.2. The Labute approximate surface area is 271 Å². The van der Waals surface area contributed by atoms with Gasteiger partial charge in [-0.25, -0.2) is 9.97 Å². The van der Waals surface area contributed by atoms with Crippen LogP contribution >= 0.6 is 11.3 Å². The number of para-hydroxylation sites is 3. The summed E-state index contributed by atoms with van der Waals surface area (Å²) < 4.78 is 7.52. The summed E-state index contributed by atoms with van der Waals surface area (Å²) in [6.07, 6.45) is 0. The summed E-state index contributed by atoms with van der Waals surface area (Å²) in [4.78, 5) is 10.8. The van der Waals surface area contributed by atoms with Crippen molar-refractivity contribution in [1.29, 1.82) is 0 Å². The number of rotatable bonds is 2. The molecule has 0 aliphatic rings. The molecule has 216 valence electrons. The number of nitrogens with zero attached hydrogens (tertiary/aromatic N) is 4. The Morgan fingerprint density at radius 3 is 2.13 bits per heavy atom. The van der Waals surface area contributed by atoms with Crippen molar-refractivity contribution in [1.82, 2.24) is 18.9 Å². The Kier molecular flexibility index (Phi) is 4.33. The molecule has 5 aromatic heterocycles. The molecule has 12 rings (SSSR count). The van der Waals surface area contributed by atoms with E-state index in [1.54, 1.807) is 0 Å². The topological polar surface area (TPSA) is 35.1 Å². The second-order valence-corrected chi connectivity index (χ2v) is 13.7. The molecule has 5 heterocycles. The molecule has 0 bridgehead atoms. The highest BCUT2D eigenvalue weighted by Gasteiger charge is 2.27. The van der Waals surface area contributed by atoms with E-state index in [-0.39, 0.29) is 0 Å². The van der Waals surface area contributed by atoms with Gasteiger partial charge >= 0.3 is 0 Å². The van der Waals surface area contributed by atoms with Gasteiger partial charge in [0.25, 0.3) is 0 Å². The van der Waals surface area contributed by atoms with Crippen LogP contribution in [-0.4, -0.2) is 18.9 Å². The van der Waals surface area contributed by atoms with Gasteiger partial charge in [0.1, 0.15) is 5.69 Å². The molecule has 0 saturated heterocycles. The third-order valence-corrected chi connectivity index (χ3v) is 11.3. The standard InChI is InChI=1S/C42H22N4S/c1-2-9-24-22-25(17-16-23(24)8-1)40-42(44-29-12-5-4-11-28(29)43-40)46-32-15-7-14-31-36(32)37-33(46)19-21-34-38(37)39-35(47-34)20-18-27-26-10-3-6-13-30(26)45(31)41(27)39/h1-22H. The molecule has 0 aliphatic carbocycles. The van der Waals surface area contributed by atoms with Gasteiger partial charge in [-0.1, -0.05) is 78.9 Å². The van der Waals surface area contributed by atoms with E-state index < -0.39 is 0 Å². The lowest BCUT2D eigenvalue weighted by atomic mass is 10.0. The number of thiophene rings is 1. The first kappa shape index (κ1) is 24.2. The van der Waals surface area contributed by atoms with E-state index in [1.165, 1.54) is 69.0 Å². The van der Waals surface area contributed by atoms with Gasteiger partial charge in [-0.2, -0.15) is 0 Å². The predicted molar refractivity (Wildman–Crippen MR) is 198 cm³/mol. The van der Waals surface area contributed by atoms with Gasteiger partial charge in [0.2, 0.25) is 0 Å². The second-order valence-electron chi connectivity index (χ2n) is 12.6. The van der Waals surface area contributed by atoms with Crippen LogP contribution < -0.4 is 0 Å². The lowest BCUT2D eigenvalue weighted by Crippen LogP contribution is -2.03. The fraction of sp³-hybridized carbons (Fsp3) is 0. The maximum absolute atomic E-state index is 5.42. The molecule has 5 heteroatoms. The Morgan fingerprint density at radius 1 is 0.468 bits per heavy atom. The Morgan fingerprint density at radius 2 is 1.19 bits per heavy atom. The highest BCUT2D eigenvalue weighted by Crippen LogP contribution is 2.50. The van der Waals surface area contributed by atoms with Crippen molar-refractivity contribution in [3.05, 3.63) is 133 Å². The summed E-state index contributed by atoms with van der Waals surface area (Å²) in [5.41, 5.74) is 9.73. The van der Waals surface area contributed by atoms with E-state index in [2.05, 4.69) is 130 Å². The molecule has 0 unspecified atom stereocenters. The van der Waals surface area contributed by atoms with Crippen molar-refractivity contribution in [2.75, 3.05) is 0 Å². The molecule has 12 aromatic rings. The van der Waals surface area contributed by atoms with Crippen LogP contribution in [0.4, 0.5) is 0 Å². The first-order valence-electron chi connectivity index (χ1n) is 15.9. The number of aromatic nitrogens is 4. The monoisotopic (exact) mass is 614 g/mol. The van der Waals surface area contributed by atoms with Crippen LogP contribution in [0, 0.1) is 0 Å². The first-order chi connectivity index (χ1) is 23.3. The minimum absolute atomic E-state index is 0.846. The average Bonchev–Trinajstić information content (AvgIpc) is 3.75. The van der Waals surface area contributed by atoms with Gasteiger partial charge in [0, 0.05) is 47.3 Å². The van der Waals surface area contributed by atoms with E-state index in [0.29, 0.717) is 0 Å². The van der Waals surface area contributed by atoms with Gasteiger partial charge in [-0.3, -0.25) is 4.57 Å². The molecule has 0 aliphatic heterocycles. The predicted octanol–water partition coefficient (Wildman–Crippen LogP) is 11.3. The Balaban J connectivity index is 1.32. The van der Waals surface area contributed by atoms with Gasteiger partial charge in [-0.15, -0.1) is 11.3 Å². The molecule has 0 radical (unpaired) electrons. The number of benzene rings is 7. The Bertz CT molecular complexity index is 3250. The van der Waals surface area contributed by atoms with E-state index in [4.69, 9.17) is 9.97 Å². The van der Waals surface area contributed by atoms with Crippen LogP contribution in [-0.2, 0) is 0 Å². The minimum atomic E-state index is 0.846. The zero-order valence-electron chi connectivity index (χ0n) is 24.9. The summed E-state index contributed by atoms with van der Waals surface area (Å²) in [6, 6.07) is 48.2. The number of hydrogen-bond acceptors (Lipinski definition) is 3. The molecule has 0 N–H and O–H groups in total. The molecular formula is C42H22N4S. The summed E-state index contributed by atoms with van der Waals surface area (Å²) in [7, 11) is 0. The SMILES string of the molecule is c1ccc2cc(-c3nc4ccccc4nc3-n3c4ccc5sc6ccc7c8ccccc8n8c9cccc3c9c4c5c6c78)ccc2c1. The van der Waals surface area contributed by atoms with E-state index in [9.17, 15) is 0 Å². The van der Waals surface area contributed by atoms with E-state index in [0.717, 1.165) is 39.1 Å². The maximum Gasteiger partial charge on any atom is 0.165 e. The fourth-order valence-corrected chi connectivity index (χ4v) is 9.39. The summed E-state index contributed by atoms with van der Waals surface area (Å²) in [6.45, 7) is 0. The quantitative estimate of drug-likeness (QED) is 0.194. The largest absolute Gasteiger partial charge is 0.308 e. The highest BCUT2D eigenvalue weighted by atomic mass is 32.1. The van der Waals surface area contributed by atoms with E-state index in [1.807, 2.05) is 23.5 Å². The zero-order valence-corrected chi connectivity index (χ0v) is 25.7. The molecule has 0 saturated carbocycles. The van der Waals surface area contributed by atoms with Crippen molar-refractivity contribution in [3.8, 4) is 17.1 Å². The molecule has 7 aromatic carbocycles. The third kappa shape index (κ3) is 2.94. The van der Waals surface area contributed by atoms with Crippen LogP contribution in [0.3, 0.4) is 0 Å². The first-order valence-corrected chi connectivity index (χ1v) is 16.7. The average molecular weight is 615 g/mol. The van der Waals surface area contributed by atoms with Gasteiger partial charge in [-0.05, 0) is 65.4 Å². The van der Waals surface area contributed by atoms with Crippen LogP contribution in [0.2, 0.25) is 0 Å². The van der Waals surface area contributed by atoms with Crippen LogP contribution in [0.1, 0.15) is 0 Å². The number of fused-ring (bicyclic) bond motifs is 6. The number of hydrogen-bond donors (Lipinski definition) is 0. The molecule has 4 nitrogen and oxygen atoms in total. The lowest BCUT2D eigenvalue weighted by molar-refractivity contribution is 1.08. The van der Waals surface area contributed by atoms with Crippen LogP contribution in [0.15, 0.2) is 133 Å². The second kappa shape index (κ2) is 8.40. The van der Waals surface area contributed by atoms with Gasteiger partial charge < -0.3 is 4.40 Å².